The van der Waals surface area contributed by atoms with Gasteiger partial charge in [-0.1, -0.05) is 111 Å². The van der Waals surface area contributed by atoms with Crippen molar-refractivity contribution in [2.75, 3.05) is 9.80 Å². The molecular formula is C51H40N2O. The molecule has 0 fully saturated rings. The summed E-state index contributed by atoms with van der Waals surface area (Å²) in [6, 6.07) is 62.7. The number of nitrogens with zero attached hydrogens (tertiary/aromatic N) is 2. The molecule has 10 rings (SSSR count). The van der Waals surface area contributed by atoms with Crippen LogP contribution in [0.4, 0.5) is 34.1 Å². The van der Waals surface area contributed by atoms with Gasteiger partial charge in [-0.05, 0) is 130 Å². The van der Waals surface area contributed by atoms with Gasteiger partial charge < -0.3 is 14.9 Å². The number of anilines is 6. The topological polar surface area (TPSA) is 26.7 Å². The predicted octanol–water partition coefficient (Wildman–Crippen LogP) is 14.1. The molecule has 3 nitrogen and oxygen atoms in total. The van der Waals surface area contributed by atoms with Crippen molar-refractivity contribution in [3.63, 3.8) is 0 Å². The lowest BCUT2D eigenvalue weighted by molar-refractivity contribution is 0.475. The first-order valence-electron chi connectivity index (χ1n) is 18.9. The van der Waals surface area contributed by atoms with E-state index < -0.39 is 0 Å². The van der Waals surface area contributed by atoms with Crippen LogP contribution in [0.2, 0.25) is 0 Å². The number of rotatable bonds is 7. The monoisotopic (exact) mass is 696 g/mol. The van der Waals surface area contributed by atoms with Gasteiger partial charge in [-0.15, -0.1) is 0 Å². The van der Waals surface area contributed by atoms with Gasteiger partial charge in [0, 0.05) is 44.3 Å². The molecule has 0 amide bonds. The molecule has 9 aromatic carbocycles. The van der Waals surface area contributed by atoms with Crippen LogP contribution in [0, 0.1) is 0 Å². The highest BCUT2D eigenvalue weighted by Gasteiger charge is 2.33. The highest BCUT2D eigenvalue weighted by molar-refractivity contribution is 6.32. The molecule has 0 saturated heterocycles. The van der Waals surface area contributed by atoms with Gasteiger partial charge in [0.15, 0.2) is 0 Å². The van der Waals surface area contributed by atoms with Crippen molar-refractivity contribution < 1.29 is 5.11 Å². The smallest absolute Gasteiger partial charge is 0.115 e. The number of aromatic hydroxyl groups is 1. The van der Waals surface area contributed by atoms with Crippen LogP contribution in [-0.2, 0) is 11.8 Å². The van der Waals surface area contributed by atoms with E-state index in [1.54, 1.807) is 12.1 Å². The summed E-state index contributed by atoms with van der Waals surface area (Å²) in [7, 11) is 0. The summed E-state index contributed by atoms with van der Waals surface area (Å²) in [6.45, 7) is 4.84. The summed E-state index contributed by atoms with van der Waals surface area (Å²) in [5.74, 6) is 0.261. The molecular weight excluding hydrogens is 657 g/mol. The maximum absolute atomic E-state index is 10.4. The zero-order valence-corrected chi connectivity index (χ0v) is 30.5. The first kappa shape index (κ1) is 32.1. The van der Waals surface area contributed by atoms with E-state index in [9.17, 15) is 5.11 Å². The molecule has 1 aliphatic rings. The zero-order valence-electron chi connectivity index (χ0n) is 30.5. The highest BCUT2D eigenvalue weighted by Crippen LogP contribution is 2.54. The third-order valence-electron chi connectivity index (χ3n) is 11.5. The molecule has 9 aromatic rings. The predicted molar refractivity (Wildman–Crippen MR) is 228 cm³/mol. The maximum Gasteiger partial charge on any atom is 0.115 e. The van der Waals surface area contributed by atoms with Gasteiger partial charge in [-0.2, -0.15) is 0 Å². The van der Waals surface area contributed by atoms with E-state index in [-0.39, 0.29) is 11.2 Å². The van der Waals surface area contributed by atoms with Crippen LogP contribution in [0.5, 0.6) is 5.75 Å². The Kier molecular flexibility index (Phi) is 7.45. The molecule has 0 radical (unpaired) electrons. The molecule has 3 heteroatoms. The summed E-state index contributed by atoms with van der Waals surface area (Å²) < 4.78 is 0. The second-order valence-corrected chi connectivity index (χ2v) is 15.2. The fraction of sp³-hybridized carbons (Fsp3) is 0.0980. The molecule has 0 aliphatic heterocycles. The van der Waals surface area contributed by atoms with Crippen molar-refractivity contribution in [1.29, 1.82) is 0 Å². The van der Waals surface area contributed by atoms with Gasteiger partial charge in [0.1, 0.15) is 5.75 Å². The van der Waals surface area contributed by atoms with Gasteiger partial charge in [0.2, 0.25) is 0 Å². The number of para-hydroxylation sites is 4. The van der Waals surface area contributed by atoms with E-state index in [2.05, 4.69) is 175 Å². The Morgan fingerprint density at radius 2 is 0.944 bits per heavy atom. The Morgan fingerprint density at radius 1 is 0.463 bits per heavy atom. The largest absolute Gasteiger partial charge is 0.508 e. The summed E-state index contributed by atoms with van der Waals surface area (Å²) in [5, 5.41) is 18.0. The van der Waals surface area contributed by atoms with Gasteiger partial charge in [0.05, 0.1) is 11.4 Å². The van der Waals surface area contributed by atoms with Crippen LogP contribution in [0.1, 0.15) is 31.4 Å². The van der Waals surface area contributed by atoms with Crippen LogP contribution < -0.4 is 9.80 Å². The molecule has 1 N–H and O–H groups in total. The van der Waals surface area contributed by atoms with Crippen molar-refractivity contribution in [2.45, 2.75) is 32.1 Å². The average Bonchev–Trinajstić information content (AvgIpc) is 3.21. The fourth-order valence-corrected chi connectivity index (χ4v) is 8.87. The lowest BCUT2D eigenvalue weighted by Gasteiger charge is -2.37. The van der Waals surface area contributed by atoms with Crippen LogP contribution in [-0.4, -0.2) is 5.11 Å². The van der Waals surface area contributed by atoms with Gasteiger partial charge >= 0.3 is 0 Å². The molecule has 0 saturated carbocycles. The van der Waals surface area contributed by atoms with E-state index >= 15 is 0 Å². The number of phenolic OH excluding ortho intramolecular Hbond substituents is 1. The van der Waals surface area contributed by atoms with E-state index in [1.807, 2.05) is 12.1 Å². The minimum Gasteiger partial charge on any atom is -0.508 e. The van der Waals surface area contributed by atoms with Crippen LogP contribution in [0.25, 0.3) is 43.4 Å². The standard InChI is InChI=1S/C51H40N2O/c1-51(2)30-29-35-31-46(52(36-15-7-3-8-16-36)37-17-9-4-10-18-37)42-28-27-41-43(34-23-25-40(54)26-24-34)33-47(44-32-45(51)48(35)50(42)49(41)44)53(38-19-11-5-12-20-38)39-21-13-6-14-22-39/h3-28,31-33,54H,29-30H2,1-2H3. The second-order valence-electron chi connectivity index (χ2n) is 15.2. The summed E-state index contributed by atoms with van der Waals surface area (Å²) in [4.78, 5) is 4.85. The minimum absolute atomic E-state index is 0.0168. The van der Waals surface area contributed by atoms with Crippen LogP contribution in [0.3, 0.4) is 0 Å². The van der Waals surface area contributed by atoms with Crippen molar-refractivity contribution in [2.24, 2.45) is 0 Å². The SMILES string of the molecule is CC1(C)CCc2cc(N(c3ccccc3)c3ccccc3)c3ccc4c(-c5ccc(O)cc5)cc(N(c5ccccc5)c5ccccc5)c5cc1c2c3c45. The molecule has 0 atom stereocenters. The van der Waals surface area contributed by atoms with Gasteiger partial charge in [0.25, 0.3) is 0 Å². The van der Waals surface area contributed by atoms with Crippen molar-refractivity contribution in [3.05, 3.63) is 187 Å². The Morgan fingerprint density at radius 3 is 1.46 bits per heavy atom. The summed E-state index contributed by atoms with van der Waals surface area (Å²) >= 11 is 0. The van der Waals surface area contributed by atoms with Crippen LogP contribution in [0.15, 0.2) is 176 Å². The molecule has 260 valence electrons. The molecule has 0 aromatic heterocycles. The molecule has 0 spiro atoms. The first-order chi connectivity index (χ1) is 26.5. The average molecular weight is 697 g/mol. The van der Waals surface area contributed by atoms with E-state index in [1.165, 1.54) is 49.1 Å². The Bertz CT molecular complexity index is 2700. The number of benzene rings is 9. The molecule has 0 bridgehead atoms. The zero-order chi connectivity index (χ0) is 36.4. The Labute approximate surface area is 316 Å². The van der Waals surface area contributed by atoms with Crippen LogP contribution >= 0.6 is 0 Å². The first-order valence-corrected chi connectivity index (χ1v) is 18.9. The fourth-order valence-electron chi connectivity index (χ4n) is 8.87. The third-order valence-corrected chi connectivity index (χ3v) is 11.5. The van der Waals surface area contributed by atoms with Crippen molar-refractivity contribution in [3.8, 4) is 16.9 Å². The lowest BCUT2D eigenvalue weighted by Crippen LogP contribution is -2.24. The number of phenols is 1. The number of aryl methyl sites for hydroxylation is 1. The van der Waals surface area contributed by atoms with Crippen molar-refractivity contribution >= 4 is 66.4 Å². The number of hydrogen-bond acceptors (Lipinski definition) is 3. The lowest BCUT2D eigenvalue weighted by atomic mass is 9.70. The quantitative estimate of drug-likeness (QED) is 0.168. The number of hydrogen-bond donors (Lipinski definition) is 1. The Hall–Kier alpha value is -6.58. The summed E-state index contributed by atoms with van der Waals surface area (Å²) in [6.07, 6.45) is 2.08. The van der Waals surface area contributed by atoms with Gasteiger partial charge in [-0.3, -0.25) is 0 Å². The van der Waals surface area contributed by atoms with E-state index in [0.29, 0.717) is 0 Å². The summed E-state index contributed by atoms with van der Waals surface area (Å²) in [5.41, 5.74) is 11.8. The van der Waals surface area contributed by atoms with Crippen molar-refractivity contribution in [1.82, 2.24) is 0 Å². The Balaban J connectivity index is 1.40. The third kappa shape index (κ3) is 5.11. The molecule has 0 heterocycles. The molecule has 54 heavy (non-hydrogen) atoms. The normalized spacial score (nSPS) is 13.4. The molecule has 1 aliphatic carbocycles. The highest BCUT2D eigenvalue weighted by atomic mass is 16.3. The minimum atomic E-state index is -0.0168. The van der Waals surface area contributed by atoms with Gasteiger partial charge in [-0.25, -0.2) is 0 Å². The molecule has 0 unspecified atom stereocenters. The maximum atomic E-state index is 10.4. The van der Waals surface area contributed by atoms with E-state index in [4.69, 9.17) is 0 Å². The van der Waals surface area contributed by atoms with E-state index in [0.717, 1.165) is 52.4 Å². The second kappa shape index (κ2) is 12.5.